The van der Waals surface area contributed by atoms with E-state index in [0.717, 1.165) is 35.7 Å². The first-order valence-corrected chi connectivity index (χ1v) is 15.0. The fourth-order valence-electron chi connectivity index (χ4n) is 7.53. The van der Waals surface area contributed by atoms with Crippen LogP contribution in [-0.4, -0.2) is 59.9 Å². The largest absolute Gasteiger partial charge is 0.467 e. The van der Waals surface area contributed by atoms with E-state index < -0.39 is 47.9 Å². The van der Waals surface area contributed by atoms with Crippen LogP contribution >= 0.6 is 0 Å². The molecule has 4 saturated heterocycles. The van der Waals surface area contributed by atoms with E-state index in [-0.39, 0.29) is 37.0 Å². The van der Waals surface area contributed by atoms with Crippen LogP contribution in [0.2, 0.25) is 0 Å². The molecule has 228 valence electrons. The number of carbonyl (C=O) groups is 3. The second-order valence-electron chi connectivity index (χ2n) is 12.5. The van der Waals surface area contributed by atoms with Crippen LogP contribution in [0.15, 0.2) is 30.5 Å². The van der Waals surface area contributed by atoms with Crippen LogP contribution in [-0.2, 0) is 49.5 Å². The van der Waals surface area contributed by atoms with Gasteiger partial charge in [-0.2, -0.15) is 0 Å². The SMILES string of the molecule is COC(=O)[C@H](Cc1c[nH]c2ccccc12)NC(=O)CCC(=O)O[C@@H]1O[C@@H]2OC3(C)CC[C@H]4[C@H](C)CC[C@@H]([C@H]1C)C24OO3. The highest BCUT2D eigenvalue weighted by Gasteiger charge is 2.69. The maximum absolute atomic E-state index is 12.9. The lowest BCUT2D eigenvalue weighted by atomic mass is 9.58. The number of rotatable bonds is 8. The molecule has 2 aromatic rings. The molecule has 7 rings (SSSR count). The number of benzene rings is 1. The summed E-state index contributed by atoms with van der Waals surface area (Å²) >= 11 is 0. The van der Waals surface area contributed by atoms with Gasteiger partial charge in [-0.25, -0.2) is 14.6 Å². The Balaban J connectivity index is 1.07. The van der Waals surface area contributed by atoms with Crippen molar-refractivity contribution >= 4 is 28.7 Å². The van der Waals surface area contributed by atoms with Gasteiger partial charge in [0.2, 0.25) is 18.0 Å². The Bertz CT molecular complexity index is 1340. The van der Waals surface area contributed by atoms with Gasteiger partial charge in [0.15, 0.2) is 11.9 Å². The topological polar surface area (TPSA) is 134 Å². The van der Waals surface area contributed by atoms with Gasteiger partial charge in [0.05, 0.1) is 13.5 Å². The van der Waals surface area contributed by atoms with Gasteiger partial charge in [0.1, 0.15) is 6.04 Å². The number of aromatic amines is 1. The minimum atomic E-state index is -0.923. The van der Waals surface area contributed by atoms with Gasteiger partial charge < -0.3 is 29.2 Å². The van der Waals surface area contributed by atoms with Gasteiger partial charge in [-0.1, -0.05) is 32.0 Å². The summed E-state index contributed by atoms with van der Waals surface area (Å²) in [6.07, 6.45) is 3.70. The molecule has 5 heterocycles. The summed E-state index contributed by atoms with van der Waals surface area (Å²) in [4.78, 5) is 53.4. The molecule has 2 unspecified atom stereocenters. The average molecular weight is 585 g/mol. The number of amides is 1. The number of para-hydroxylation sites is 1. The second-order valence-corrected chi connectivity index (χ2v) is 12.5. The van der Waals surface area contributed by atoms with Crippen molar-refractivity contribution in [2.24, 2.45) is 23.7 Å². The number of aromatic nitrogens is 1. The van der Waals surface area contributed by atoms with Gasteiger partial charge >= 0.3 is 11.9 Å². The number of hydrogen-bond acceptors (Lipinski definition) is 9. The first-order chi connectivity index (χ1) is 20.1. The Labute approximate surface area is 244 Å². The number of esters is 2. The van der Waals surface area contributed by atoms with E-state index in [2.05, 4.69) is 17.2 Å². The maximum Gasteiger partial charge on any atom is 0.328 e. The summed E-state index contributed by atoms with van der Waals surface area (Å²) in [5.74, 6) is -2.01. The van der Waals surface area contributed by atoms with E-state index >= 15 is 0 Å². The first kappa shape index (κ1) is 29.1. The van der Waals surface area contributed by atoms with Crippen molar-refractivity contribution in [3.05, 3.63) is 36.0 Å². The molecule has 1 aromatic heterocycles. The molecule has 5 aliphatic rings. The quantitative estimate of drug-likeness (QED) is 0.350. The zero-order valence-corrected chi connectivity index (χ0v) is 24.6. The van der Waals surface area contributed by atoms with Crippen molar-refractivity contribution in [1.29, 1.82) is 0 Å². The van der Waals surface area contributed by atoms with Crippen molar-refractivity contribution in [3.8, 4) is 0 Å². The van der Waals surface area contributed by atoms with Crippen LogP contribution in [0.4, 0.5) is 0 Å². The number of carbonyl (C=O) groups excluding carboxylic acids is 3. The van der Waals surface area contributed by atoms with E-state index in [9.17, 15) is 14.4 Å². The summed E-state index contributed by atoms with van der Waals surface area (Å²) in [7, 11) is 1.28. The summed E-state index contributed by atoms with van der Waals surface area (Å²) in [5.41, 5.74) is 1.06. The third-order valence-electron chi connectivity index (χ3n) is 9.82. The van der Waals surface area contributed by atoms with Crippen molar-refractivity contribution in [2.75, 3.05) is 7.11 Å². The molecule has 1 aliphatic carbocycles. The Hall–Kier alpha value is -2.99. The highest BCUT2D eigenvalue weighted by Crippen LogP contribution is 2.60. The maximum atomic E-state index is 12.9. The monoisotopic (exact) mass is 584 g/mol. The molecule has 4 aliphatic heterocycles. The van der Waals surface area contributed by atoms with Crippen LogP contribution in [0.1, 0.15) is 64.9 Å². The van der Waals surface area contributed by atoms with Crippen LogP contribution in [0.25, 0.3) is 10.9 Å². The zero-order valence-electron chi connectivity index (χ0n) is 24.6. The Morgan fingerprint density at radius 2 is 1.90 bits per heavy atom. The third kappa shape index (κ3) is 5.10. The molecule has 1 aromatic carbocycles. The second kappa shape index (κ2) is 11.3. The molecule has 5 fully saturated rings. The number of nitrogens with one attached hydrogen (secondary N) is 2. The molecule has 1 amide bonds. The zero-order chi connectivity index (χ0) is 29.6. The Morgan fingerprint density at radius 1 is 1.10 bits per heavy atom. The smallest absolute Gasteiger partial charge is 0.328 e. The molecule has 2 N–H and O–H groups in total. The molecule has 1 saturated carbocycles. The minimum Gasteiger partial charge on any atom is -0.467 e. The highest BCUT2D eigenvalue weighted by atomic mass is 17.3. The summed E-state index contributed by atoms with van der Waals surface area (Å²) in [6.45, 7) is 6.09. The van der Waals surface area contributed by atoms with E-state index in [4.69, 9.17) is 28.7 Å². The normalized spacial score (nSPS) is 36.0. The number of ether oxygens (including phenoxy) is 4. The molecule has 2 bridgehead atoms. The number of hydrogen-bond donors (Lipinski definition) is 2. The Kier molecular flexibility index (Phi) is 7.80. The molecule has 9 atom stereocenters. The lowest BCUT2D eigenvalue weighted by Crippen LogP contribution is -2.70. The van der Waals surface area contributed by atoms with Gasteiger partial charge in [-0.3, -0.25) is 9.59 Å². The van der Waals surface area contributed by atoms with E-state index in [1.54, 1.807) is 0 Å². The van der Waals surface area contributed by atoms with Crippen LogP contribution in [0, 0.1) is 23.7 Å². The first-order valence-electron chi connectivity index (χ1n) is 15.0. The van der Waals surface area contributed by atoms with Crippen molar-refractivity contribution in [2.45, 2.75) is 95.7 Å². The fourth-order valence-corrected chi connectivity index (χ4v) is 7.53. The molecule has 42 heavy (non-hydrogen) atoms. The highest BCUT2D eigenvalue weighted by molar-refractivity contribution is 5.88. The number of fused-ring (bicyclic) bond motifs is 3. The van der Waals surface area contributed by atoms with Crippen molar-refractivity contribution in [3.63, 3.8) is 0 Å². The van der Waals surface area contributed by atoms with Crippen molar-refractivity contribution in [1.82, 2.24) is 10.3 Å². The number of methoxy groups -OCH3 is 1. The van der Waals surface area contributed by atoms with Crippen molar-refractivity contribution < 1.29 is 43.1 Å². The third-order valence-corrected chi connectivity index (χ3v) is 9.82. The molecule has 0 radical (unpaired) electrons. The average Bonchev–Trinajstić information content (AvgIpc) is 3.24. The van der Waals surface area contributed by atoms with Gasteiger partial charge in [-0.15, -0.1) is 0 Å². The molecule has 11 nitrogen and oxygen atoms in total. The summed E-state index contributed by atoms with van der Waals surface area (Å²) in [5, 5.41) is 3.68. The van der Waals surface area contributed by atoms with E-state index in [1.165, 1.54) is 7.11 Å². The minimum absolute atomic E-state index is 0.0199. The van der Waals surface area contributed by atoms with Crippen LogP contribution in [0.3, 0.4) is 0 Å². The molecular formula is C31H40N2O9. The lowest BCUT2D eigenvalue weighted by molar-refractivity contribution is -0.576. The summed E-state index contributed by atoms with van der Waals surface area (Å²) < 4.78 is 23.3. The molecule has 1 spiro atoms. The van der Waals surface area contributed by atoms with E-state index in [0.29, 0.717) is 12.3 Å². The van der Waals surface area contributed by atoms with Gasteiger partial charge in [0.25, 0.3) is 0 Å². The molecular weight excluding hydrogens is 544 g/mol. The molecule has 11 heteroatoms. The predicted molar refractivity (Wildman–Crippen MR) is 148 cm³/mol. The summed E-state index contributed by atoms with van der Waals surface area (Å²) in [6, 6.07) is 6.81. The predicted octanol–water partition coefficient (Wildman–Crippen LogP) is 3.90. The van der Waals surface area contributed by atoms with E-state index in [1.807, 2.05) is 44.3 Å². The fraction of sp³-hybridized carbons (Fsp3) is 0.645. The van der Waals surface area contributed by atoms with Gasteiger partial charge in [-0.05, 0) is 49.7 Å². The lowest BCUT2D eigenvalue weighted by Gasteiger charge is -2.59. The number of H-pyrrole nitrogens is 1. The standard InChI is InChI=1S/C31H40N2O9/c1-17-9-10-22-18(2)28(39-29-31(22)21(17)13-14-30(3,40-29)41-42-31)38-26(35)12-11-25(34)33-24(27(36)37-4)15-19-16-32-23-8-6-5-7-20(19)23/h5-8,16-18,21-22,24,28-29,32H,9-15H2,1-4H3,(H,33,34)/t17-,18-,21+,22+,24+,28-,29-,30?,31?/m1/s1. The van der Waals surface area contributed by atoms with Gasteiger partial charge in [0, 0.05) is 48.2 Å². The van der Waals surface area contributed by atoms with Crippen LogP contribution in [0.5, 0.6) is 0 Å². The van der Waals surface area contributed by atoms with Crippen LogP contribution < -0.4 is 5.32 Å². The Morgan fingerprint density at radius 3 is 2.71 bits per heavy atom.